The molecule has 2 aromatic heterocycles. The predicted molar refractivity (Wildman–Crippen MR) is 150 cm³/mol. The summed E-state index contributed by atoms with van der Waals surface area (Å²) in [5, 5.41) is 3.35. The molecule has 0 saturated heterocycles. The molecule has 0 aliphatic heterocycles. The molecule has 0 unspecified atom stereocenters. The number of halogens is 2. The quantitative estimate of drug-likeness (QED) is 0.145. The summed E-state index contributed by atoms with van der Waals surface area (Å²) in [5.41, 5.74) is -1.40. The van der Waals surface area contributed by atoms with E-state index >= 15 is 8.78 Å². The van der Waals surface area contributed by atoms with Crippen LogP contribution in [0, 0.1) is 22.5 Å². The lowest BCUT2D eigenvalue weighted by Gasteiger charge is -2.22. The Hall–Kier alpha value is -3.67. The van der Waals surface area contributed by atoms with Crippen LogP contribution < -0.4 is 10.1 Å². The zero-order valence-electron chi connectivity index (χ0n) is 24.4. The second kappa shape index (κ2) is 13.1. The first-order valence-corrected chi connectivity index (χ1v) is 14.5. The van der Waals surface area contributed by atoms with Gasteiger partial charge in [0.05, 0.1) is 41.0 Å². The monoisotopic (exact) mass is 609 g/mol. The Labute approximate surface area is 242 Å². The largest absolute Gasteiger partial charge is 0.481 e. The van der Waals surface area contributed by atoms with Crippen molar-refractivity contribution in [1.82, 2.24) is 9.97 Å². The molecule has 0 fully saturated rings. The maximum atomic E-state index is 15.2. The number of hydrogen-bond acceptors (Lipinski definition) is 11. The van der Waals surface area contributed by atoms with Crippen LogP contribution in [0.3, 0.4) is 0 Å². The van der Waals surface area contributed by atoms with Gasteiger partial charge >= 0.3 is 19.5 Å². The van der Waals surface area contributed by atoms with Gasteiger partial charge in [0.2, 0.25) is 19.5 Å². The smallest absolute Gasteiger partial charge is 0.340 e. The van der Waals surface area contributed by atoms with Crippen molar-refractivity contribution < 1.29 is 46.2 Å². The third kappa shape index (κ3) is 8.67. The molecule has 0 amide bonds. The fourth-order valence-electron chi connectivity index (χ4n) is 3.28. The number of esters is 2. The van der Waals surface area contributed by atoms with Crippen LogP contribution in [0.25, 0.3) is 10.9 Å². The van der Waals surface area contributed by atoms with Gasteiger partial charge in [-0.15, -0.1) is 0 Å². The number of nitrogens with one attached hydrogen (secondary N) is 1. The van der Waals surface area contributed by atoms with Crippen LogP contribution in [-0.4, -0.2) is 42.6 Å². The Morgan fingerprint density at radius 1 is 0.881 bits per heavy atom. The Morgan fingerprint density at radius 2 is 1.48 bits per heavy atom. The average molecular weight is 610 g/mol. The van der Waals surface area contributed by atoms with E-state index in [0.717, 1.165) is 12.1 Å². The SMILES string of the molecule is COc1cc2nccc(Nc3cc(F)c(CP(=O)(OCOC(=O)C(C)(C)C)OCOC(=O)C(C)(C)C)cc3F)c2cn1. The van der Waals surface area contributed by atoms with Gasteiger partial charge in [-0.1, -0.05) is 0 Å². The number of nitrogens with zero attached hydrogens (tertiary/aromatic N) is 2. The third-order valence-electron chi connectivity index (χ3n) is 5.68. The van der Waals surface area contributed by atoms with E-state index in [-0.39, 0.29) is 11.3 Å². The lowest BCUT2D eigenvalue weighted by Crippen LogP contribution is -2.25. The number of carbonyl (C=O) groups excluding carboxylic acids is 2. The molecule has 0 atom stereocenters. The van der Waals surface area contributed by atoms with E-state index in [2.05, 4.69) is 15.3 Å². The summed E-state index contributed by atoms with van der Waals surface area (Å²) in [6.07, 6.45) is 2.21. The number of ether oxygens (including phenoxy) is 3. The highest BCUT2D eigenvalue weighted by molar-refractivity contribution is 7.53. The second-order valence-corrected chi connectivity index (χ2v) is 13.3. The van der Waals surface area contributed by atoms with Gasteiger partial charge in [-0.3, -0.25) is 28.2 Å². The van der Waals surface area contributed by atoms with Crippen LogP contribution in [0.5, 0.6) is 5.88 Å². The van der Waals surface area contributed by atoms with E-state index in [4.69, 9.17) is 23.3 Å². The van der Waals surface area contributed by atoms with Crippen LogP contribution in [0.4, 0.5) is 20.2 Å². The van der Waals surface area contributed by atoms with Crippen molar-refractivity contribution in [1.29, 1.82) is 0 Å². The summed E-state index contributed by atoms with van der Waals surface area (Å²) < 4.78 is 69.5. The van der Waals surface area contributed by atoms with Gasteiger partial charge in [-0.25, -0.2) is 13.8 Å². The maximum Gasteiger partial charge on any atom is 0.340 e. The Kier molecular flexibility index (Phi) is 10.2. The molecular weight excluding hydrogens is 575 g/mol. The van der Waals surface area contributed by atoms with E-state index in [9.17, 15) is 14.2 Å². The fraction of sp³-hybridized carbons (Fsp3) is 0.429. The highest BCUT2D eigenvalue weighted by atomic mass is 31.2. The average Bonchev–Trinajstić information content (AvgIpc) is 2.90. The number of carbonyl (C=O) groups is 2. The van der Waals surface area contributed by atoms with E-state index in [0.29, 0.717) is 22.5 Å². The van der Waals surface area contributed by atoms with E-state index in [1.54, 1.807) is 53.7 Å². The van der Waals surface area contributed by atoms with E-state index < -0.39 is 61.7 Å². The minimum Gasteiger partial charge on any atom is -0.481 e. The van der Waals surface area contributed by atoms with Crippen LogP contribution in [0.15, 0.2) is 36.7 Å². The molecule has 0 aliphatic carbocycles. The first-order valence-electron chi connectivity index (χ1n) is 12.8. The summed E-state index contributed by atoms with van der Waals surface area (Å²) in [4.78, 5) is 32.5. The Balaban J connectivity index is 1.82. The highest BCUT2D eigenvalue weighted by Gasteiger charge is 2.32. The van der Waals surface area contributed by atoms with Crippen molar-refractivity contribution in [2.24, 2.45) is 10.8 Å². The number of fused-ring (bicyclic) bond motifs is 1. The number of anilines is 2. The predicted octanol–water partition coefficient (Wildman–Crippen LogP) is 6.48. The molecular formula is C28H34F2N3O8P. The molecule has 0 spiro atoms. The van der Waals surface area contributed by atoms with Crippen LogP contribution in [0.1, 0.15) is 47.1 Å². The zero-order valence-corrected chi connectivity index (χ0v) is 25.3. The zero-order chi connectivity index (χ0) is 31.3. The van der Waals surface area contributed by atoms with Gasteiger partial charge in [-0.2, -0.15) is 0 Å². The molecule has 2 heterocycles. The van der Waals surface area contributed by atoms with Crippen LogP contribution in [-0.2, 0) is 38.8 Å². The third-order valence-corrected chi connectivity index (χ3v) is 7.41. The number of benzene rings is 1. The molecule has 1 aromatic carbocycles. The van der Waals surface area contributed by atoms with Gasteiger partial charge in [0, 0.05) is 35.5 Å². The normalized spacial score (nSPS) is 12.2. The lowest BCUT2D eigenvalue weighted by molar-refractivity contribution is -0.162. The summed E-state index contributed by atoms with van der Waals surface area (Å²) in [7, 11) is -2.88. The van der Waals surface area contributed by atoms with Gasteiger partial charge in [0.25, 0.3) is 0 Å². The molecule has 228 valence electrons. The van der Waals surface area contributed by atoms with Crippen molar-refractivity contribution in [2.45, 2.75) is 47.7 Å². The molecule has 3 aromatic rings. The van der Waals surface area contributed by atoms with Crippen LogP contribution in [0.2, 0.25) is 0 Å². The molecule has 1 N–H and O–H groups in total. The van der Waals surface area contributed by atoms with Crippen molar-refractivity contribution in [3.8, 4) is 5.88 Å². The molecule has 11 nitrogen and oxygen atoms in total. The molecule has 0 saturated carbocycles. The summed E-state index contributed by atoms with van der Waals surface area (Å²) in [5.74, 6) is -2.77. The molecule has 14 heteroatoms. The number of hydrogen-bond donors (Lipinski definition) is 1. The van der Waals surface area contributed by atoms with Crippen molar-refractivity contribution in [2.75, 3.05) is 26.0 Å². The maximum absolute atomic E-state index is 15.2. The van der Waals surface area contributed by atoms with Gasteiger partial charge in [-0.05, 0) is 53.7 Å². The molecule has 42 heavy (non-hydrogen) atoms. The standard InChI is InChI=1S/C28H34F2N3O8P/c1-27(2,3)25(34)38-15-40-42(36,41-16-39-26(35)28(4,5)6)14-17-10-20(30)23(11-19(17)29)33-21-8-9-31-22-12-24(37-7)32-13-18(21)22/h8-13H,14-16H2,1-7H3,(H,31,33). The number of methoxy groups -OCH3 is 1. The summed E-state index contributed by atoms with van der Waals surface area (Å²) >= 11 is 0. The Morgan fingerprint density at radius 3 is 2.02 bits per heavy atom. The summed E-state index contributed by atoms with van der Waals surface area (Å²) in [6.45, 7) is 8.04. The first-order chi connectivity index (χ1) is 19.5. The lowest BCUT2D eigenvalue weighted by atomic mass is 9.98. The molecule has 0 aliphatic rings. The van der Waals surface area contributed by atoms with Crippen molar-refractivity contribution in [3.05, 3.63) is 53.9 Å². The minimum absolute atomic E-state index is 0.213. The molecule has 0 bridgehead atoms. The van der Waals surface area contributed by atoms with E-state index in [1.165, 1.54) is 19.5 Å². The number of pyridine rings is 2. The molecule has 0 radical (unpaired) electrons. The number of aromatic nitrogens is 2. The van der Waals surface area contributed by atoms with Gasteiger partial charge in [0.15, 0.2) is 0 Å². The fourth-order valence-corrected chi connectivity index (χ4v) is 4.63. The molecule has 3 rings (SSSR count). The topological polar surface area (TPSA) is 135 Å². The highest BCUT2D eigenvalue weighted by Crippen LogP contribution is 2.52. The first kappa shape index (κ1) is 32.8. The Bertz CT molecular complexity index is 1470. The number of rotatable bonds is 11. The van der Waals surface area contributed by atoms with Crippen molar-refractivity contribution in [3.63, 3.8) is 0 Å². The van der Waals surface area contributed by atoms with Gasteiger partial charge < -0.3 is 19.5 Å². The second-order valence-electron chi connectivity index (χ2n) is 11.3. The summed E-state index contributed by atoms with van der Waals surface area (Å²) in [6, 6.07) is 4.88. The van der Waals surface area contributed by atoms with Gasteiger partial charge in [0.1, 0.15) is 11.6 Å². The minimum atomic E-state index is -4.34. The van der Waals surface area contributed by atoms with Crippen molar-refractivity contribution >= 4 is 41.8 Å². The van der Waals surface area contributed by atoms with Crippen LogP contribution >= 0.6 is 7.60 Å². The van der Waals surface area contributed by atoms with E-state index in [1.807, 2.05) is 0 Å².